The number of carboxylic acids is 1. The van der Waals surface area contributed by atoms with E-state index in [1.165, 1.54) is 16.7 Å². The van der Waals surface area contributed by atoms with Gasteiger partial charge in [0, 0.05) is 20.4 Å². The predicted octanol–water partition coefficient (Wildman–Crippen LogP) is 3.19. The number of hydrogen-bond donors (Lipinski definition) is 2. The van der Waals surface area contributed by atoms with Gasteiger partial charge in [-0.25, -0.2) is 9.78 Å². The minimum Gasteiger partial charge on any atom is -0.476 e. The second-order valence-corrected chi connectivity index (χ2v) is 6.07. The van der Waals surface area contributed by atoms with Crippen LogP contribution in [0.2, 0.25) is 5.02 Å². The van der Waals surface area contributed by atoms with Gasteiger partial charge in [-0.05, 0) is 18.2 Å². The molecule has 2 N–H and O–H groups in total. The summed E-state index contributed by atoms with van der Waals surface area (Å²) in [7, 11) is 0. The first kappa shape index (κ1) is 15.0. The van der Waals surface area contributed by atoms with Gasteiger partial charge in [-0.15, -0.1) is 11.3 Å². The third kappa shape index (κ3) is 3.78. The summed E-state index contributed by atoms with van der Waals surface area (Å²) in [5.74, 6) is -1.39. The van der Waals surface area contributed by atoms with Crippen LogP contribution < -0.4 is 5.32 Å². The van der Waals surface area contributed by atoms with Crippen molar-refractivity contribution in [1.82, 2.24) is 10.3 Å². The molecule has 8 heteroatoms. The van der Waals surface area contributed by atoms with Crippen molar-refractivity contribution in [3.05, 3.63) is 49.3 Å². The highest BCUT2D eigenvalue weighted by Gasteiger charge is 2.11. The van der Waals surface area contributed by atoms with Crippen LogP contribution in [0.25, 0.3) is 0 Å². The Morgan fingerprint density at radius 3 is 2.75 bits per heavy atom. The van der Waals surface area contributed by atoms with E-state index in [0.717, 1.165) is 0 Å². The summed E-state index contributed by atoms with van der Waals surface area (Å²) in [4.78, 5) is 26.5. The first-order valence-corrected chi connectivity index (χ1v) is 7.43. The molecule has 104 valence electrons. The maximum atomic E-state index is 11.9. The molecule has 1 amide bonds. The first-order valence-electron chi connectivity index (χ1n) is 5.37. The number of thiazole rings is 1. The zero-order valence-electron chi connectivity index (χ0n) is 9.89. The van der Waals surface area contributed by atoms with Crippen molar-refractivity contribution in [2.75, 3.05) is 0 Å². The number of carbonyl (C=O) groups is 2. The second kappa shape index (κ2) is 6.34. The van der Waals surface area contributed by atoms with E-state index in [1.807, 2.05) is 0 Å². The molecule has 1 heterocycles. The minimum atomic E-state index is -1.09. The van der Waals surface area contributed by atoms with Crippen LogP contribution >= 0.6 is 38.9 Å². The maximum absolute atomic E-state index is 11.9. The summed E-state index contributed by atoms with van der Waals surface area (Å²) >= 11 is 10.3. The van der Waals surface area contributed by atoms with Crippen molar-refractivity contribution in [3.8, 4) is 0 Å². The average molecular weight is 376 g/mol. The predicted molar refractivity (Wildman–Crippen MR) is 79.4 cm³/mol. The van der Waals surface area contributed by atoms with Crippen molar-refractivity contribution >= 4 is 50.7 Å². The monoisotopic (exact) mass is 374 g/mol. The van der Waals surface area contributed by atoms with E-state index >= 15 is 0 Å². The van der Waals surface area contributed by atoms with Crippen LogP contribution in [0.1, 0.15) is 25.9 Å². The zero-order chi connectivity index (χ0) is 14.7. The van der Waals surface area contributed by atoms with Crippen LogP contribution in [0.4, 0.5) is 0 Å². The highest BCUT2D eigenvalue weighted by molar-refractivity contribution is 9.10. The van der Waals surface area contributed by atoms with E-state index in [1.54, 1.807) is 18.2 Å². The Morgan fingerprint density at radius 2 is 2.15 bits per heavy atom. The van der Waals surface area contributed by atoms with Gasteiger partial charge in [0.2, 0.25) is 0 Å². The number of carbonyl (C=O) groups excluding carboxylic acids is 1. The van der Waals surface area contributed by atoms with E-state index < -0.39 is 5.97 Å². The van der Waals surface area contributed by atoms with E-state index in [4.69, 9.17) is 16.7 Å². The smallest absolute Gasteiger partial charge is 0.355 e. The molecular weight excluding hydrogens is 368 g/mol. The molecule has 0 saturated carbocycles. The second-order valence-electron chi connectivity index (χ2n) is 3.77. The third-order valence-corrected chi connectivity index (χ3v) is 3.82. The molecule has 0 bridgehead atoms. The van der Waals surface area contributed by atoms with Crippen LogP contribution in [-0.4, -0.2) is 22.0 Å². The van der Waals surface area contributed by atoms with Gasteiger partial charge in [0.25, 0.3) is 5.91 Å². The fraction of sp³-hybridized carbons (Fsp3) is 0.0833. The Hall–Kier alpha value is -1.44. The van der Waals surface area contributed by atoms with Crippen molar-refractivity contribution in [1.29, 1.82) is 0 Å². The molecule has 5 nitrogen and oxygen atoms in total. The van der Waals surface area contributed by atoms with Crippen molar-refractivity contribution in [2.45, 2.75) is 6.54 Å². The normalized spacial score (nSPS) is 10.3. The summed E-state index contributed by atoms with van der Waals surface area (Å²) < 4.78 is 0.706. The van der Waals surface area contributed by atoms with Crippen molar-refractivity contribution in [3.63, 3.8) is 0 Å². The number of carboxylic acid groups (broad SMARTS) is 1. The number of aromatic nitrogens is 1. The molecule has 1 aromatic carbocycles. The van der Waals surface area contributed by atoms with Gasteiger partial charge in [0.05, 0.1) is 6.54 Å². The van der Waals surface area contributed by atoms with Gasteiger partial charge in [0.1, 0.15) is 5.01 Å². The molecule has 0 aliphatic heterocycles. The summed E-state index contributed by atoms with van der Waals surface area (Å²) in [6.07, 6.45) is 0. The number of amides is 1. The van der Waals surface area contributed by atoms with Crippen LogP contribution in [0.3, 0.4) is 0 Å². The van der Waals surface area contributed by atoms with E-state index in [0.29, 0.717) is 20.1 Å². The Bertz CT molecular complexity index is 654. The Kier molecular flexibility index (Phi) is 4.74. The number of rotatable bonds is 4. The lowest BCUT2D eigenvalue weighted by Gasteiger charge is -2.04. The number of halogens is 2. The molecule has 0 saturated heterocycles. The lowest BCUT2D eigenvalue weighted by molar-refractivity contribution is 0.0691. The van der Waals surface area contributed by atoms with E-state index in [2.05, 4.69) is 26.2 Å². The van der Waals surface area contributed by atoms with Crippen LogP contribution in [0.5, 0.6) is 0 Å². The molecule has 20 heavy (non-hydrogen) atoms. The Labute approximate surface area is 131 Å². The summed E-state index contributed by atoms with van der Waals surface area (Å²) in [6, 6.07) is 4.87. The summed E-state index contributed by atoms with van der Waals surface area (Å²) in [6.45, 7) is 0.168. The van der Waals surface area contributed by atoms with Gasteiger partial charge in [0.15, 0.2) is 5.69 Å². The molecule has 0 radical (unpaired) electrons. The highest BCUT2D eigenvalue weighted by atomic mass is 79.9. The fourth-order valence-corrected chi connectivity index (χ4v) is 3.00. The number of benzene rings is 1. The number of nitrogens with one attached hydrogen (secondary N) is 1. The molecule has 0 unspecified atom stereocenters. The molecule has 0 spiro atoms. The van der Waals surface area contributed by atoms with Gasteiger partial charge in [-0.3, -0.25) is 4.79 Å². The largest absolute Gasteiger partial charge is 0.476 e. The summed E-state index contributed by atoms with van der Waals surface area (Å²) in [5, 5.41) is 13.8. The molecular formula is C12H8BrClN2O3S. The lowest BCUT2D eigenvalue weighted by atomic mass is 10.2. The molecule has 2 rings (SSSR count). The Balaban J connectivity index is 2.02. The number of hydrogen-bond acceptors (Lipinski definition) is 4. The van der Waals surface area contributed by atoms with Crippen LogP contribution in [-0.2, 0) is 6.54 Å². The average Bonchev–Trinajstić information content (AvgIpc) is 2.83. The van der Waals surface area contributed by atoms with E-state index in [9.17, 15) is 9.59 Å². The molecule has 0 atom stereocenters. The highest BCUT2D eigenvalue weighted by Crippen LogP contribution is 2.19. The first-order chi connectivity index (χ1) is 9.45. The van der Waals surface area contributed by atoms with Crippen LogP contribution in [0, 0.1) is 0 Å². The molecule has 0 aliphatic carbocycles. The number of aromatic carboxylic acids is 1. The fourth-order valence-electron chi connectivity index (χ4n) is 1.43. The molecule has 2 aromatic rings. The van der Waals surface area contributed by atoms with Gasteiger partial charge >= 0.3 is 5.97 Å². The van der Waals surface area contributed by atoms with Gasteiger partial charge in [-0.2, -0.15) is 0 Å². The topological polar surface area (TPSA) is 79.3 Å². The van der Waals surface area contributed by atoms with Crippen molar-refractivity contribution < 1.29 is 14.7 Å². The zero-order valence-corrected chi connectivity index (χ0v) is 13.1. The standard InChI is InChI=1S/C12H8BrClN2O3S/c13-7-1-6(2-8(14)3-7)11(17)15-4-10-16-9(5-20-10)12(18)19/h1-3,5H,4H2,(H,15,17)(H,18,19). The quantitative estimate of drug-likeness (QED) is 0.860. The third-order valence-electron chi connectivity index (χ3n) is 2.30. The Morgan fingerprint density at radius 1 is 1.40 bits per heavy atom. The van der Waals surface area contributed by atoms with Gasteiger partial charge in [-0.1, -0.05) is 27.5 Å². The van der Waals surface area contributed by atoms with E-state index in [-0.39, 0.29) is 18.1 Å². The number of nitrogens with zero attached hydrogens (tertiary/aromatic N) is 1. The minimum absolute atomic E-state index is 0.0234. The van der Waals surface area contributed by atoms with Gasteiger partial charge < -0.3 is 10.4 Å². The molecule has 0 aliphatic rings. The lowest BCUT2D eigenvalue weighted by Crippen LogP contribution is -2.22. The SMILES string of the molecule is O=C(NCc1nc(C(=O)O)cs1)c1cc(Cl)cc(Br)c1. The van der Waals surface area contributed by atoms with Crippen molar-refractivity contribution in [2.24, 2.45) is 0 Å². The maximum Gasteiger partial charge on any atom is 0.355 e. The summed E-state index contributed by atoms with van der Waals surface area (Å²) in [5.41, 5.74) is 0.393. The van der Waals surface area contributed by atoms with Crippen LogP contribution in [0.15, 0.2) is 28.1 Å². The molecule has 0 fully saturated rings. The molecule has 1 aromatic heterocycles.